The van der Waals surface area contributed by atoms with Crippen LogP contribution in [0.5, 0.6) is 0 Å². The topological polar surface area (TPSA) is 70.0 Å². The number of aliphatic hydroxyl groups is 2. The fraction of sp³-hybridized carbons (Fsp3) is 0.960. The molecule has 0 amide bonds. The molecule has 0 aliphatic carbocycles. The maximum Gasteiger partial charge on any atom is 0.308 e. The number of hydrogen-bond donors (Lipinski definition) is 2. The van der Waals surface area contributed by atoms with Gasteiger partial charge in [-0.05, 0) is 32.7 Å². The third-order valence-electron chi connectivity index (χ3n) is 4.19. The van der Waals surface area contributed by atoms with Crippen molar-refractivity contribution in [2.24, 2.45) is 11.8 Å². The lowest BCUT2D eigenvalue weighted by atomic mass is 9.96. The zero-order chi connectivity index (χ0) is 25.3. The summed E-state index contributed by atoms with van der Waals surface area (Å²) in [7, 11) is 1.77. The van der Waals surface area contributed by atoms with E-state index in [-0.39, 0.29) is 18.5 Å². The van der Waals surface area contributed by atoms with E-state index in [2.05, 4.69) is 6.92 Å². The van der Waals surface area contributed by atoms with Crippen LogP contribution in [0.4, 0.5) is 0 Å². The molecule has 30 heavy (non-hydrogen) atoms. The minimum Gasteiger partial charge on any atom is -0.462 e. The fourth-order valence-electron chi connectivity index (χ4n) is 2.49. The predicted octanol–water partition coefficient (Wildman–Crippen LogP) is 6.51. The van der Waals surface area contributed by atoms with Crippen LogP contribution in [-0.2, 0) is 9.53 Å². The summed E-state index contributed by atoms with van der Waals surface area (Å²) in [6, 6.07) is 0. The van der Waals surface area contributed by atoms with Crippen LogP contribution >= 0.6 is 0 Å². The monoisotopic (exact) mass is 437 g/mol. The quantitative estimate of drug-likeness (QED) is 0.423. The average Bonchev–Trinajstić information content (AvgIpc) is 2.81. The minimum absolute atomic E-state index is 0.159. The standard InChI is InChI=1S/C15H29NO4.5C2H6/c1-11-6-5-7-12(2)13(17)20-10-15(3,19)14(18)16(4)9-8-11;5*1-2/h11-12,14,18-19H,5-10H2,1-4H3;5*1-2H3/t11?,12?,14?,15-;;;;;/m1...../s1. The molecule has 0 radical (unpaired) electrons. The van der Waals surface area contributed by atoms with Gasteiger partial charge in [-0.2, -0.15) is 0 Å². The van der Waals surface area contributed by atoms with E-state index >= 15 is 0 Å². The van der Waals surface area contributed by atoms with Gasteiger partial charge in [0.05, 0.1) is 5.92 Å². The van der Waals surface area contributed by atoms with Crippen LogP contribution in [-0.4, -0.2) is 53.1 Å². The van der Waals surface area contributed by atoms with Gasteiger partial charge in [0, 0.05) is 6.54 Å². The van der Waals surface area contributed by atoms with E-state index in [0.717, 1.165) is 25.7 Å². The maximum absolute atomic E-state index is 11.8. The largest absolute Gasteiger partial charge is 0.462 e. The van der Waals surface area contributed by atoms with Crippen molar-refractivity contribution in [3.05, 3.63) is 0 Å². The molecule has 4 atom stereocenters. The van der Waals surface area contributed by atoms with E-state index in [1.165, 1.54) is 6.92 Å². The minimum atomic E-state index is -1.46. The second-order valence-electron chi connectivity index (χ2n) is 6.54. The first-order valence-corrected chi connectivity index (χ1v) is 12.5. The highest BCUT2D eigenvalue weighted by Crippen LogP contribution is 2.21. The summed E-state index contributed by atoms with van der Waals surface area (Å²) >= 11 is 0. The molecule has 0 saturated carbocycles. The molecular weight excluding hydrogens is 378 g/mol. The molecule has 1 aliphatic heterocycles. The maximum atomic E-state index is 11.8. The van der Waals surface area contributed by atoms with Crippen molar-refractivity contribution in [1.82, 2.24) is 4.90 Å². The number of esters is 1. The van der Waals surface area contributed by atoms with Crippen molar-refractivity contribution < 1.29 is 19.7 Å². The van der Waals surface area contributed by atoms with Crippen molar-refractivity contribution in [1.29, 1.82) is 0 Å². The first-order valence-electron chi connectivity index (χ1n) is 12.5. The molecule has 1 aliphatic rings. The van der Waals surface area contributed by atoms with Crippen LogP contribution in [0.1, 0.15) is 116 Å². The van der Waals surface area contributed by atoms with Crippen molar-refractivity contribution in [3.63, 3.8) is 0 Å². The zero-order valence-corrected chi connectivity index (χ0v) is 23.1. The van der Waals surface area contributed by atoms with Gasteiger partial charge in [-0.15, -0.1) is 0 Å². The molecule has 1 heterocycles. The molecule has 0 aromatic carbocycles. The summed E-state index contributed by atoms with van der Waals surface area (Å²) in [6.07, 6.45) is 2.80. The molecule has 5 heteroatoms. The third-order valence-corrected chi connectivity index (χ3v) is 4.19. The van der Waals surface area contributed by atoms with Gasteiger partial charge < -0.3 is 14.9 Å². The molecule has 1 rings (SSSR count). The van der Waals surface area contributed by atoms with E-state index < -0.39 is 11.8 Å². The molecule has 5 nitrogen and oxygen atoms in total. The Morgan fingerprint density at radius 2 is 1.33 bits per heavy atom. The highest BCUT2D eigenvalue weighted by Gasteiger charge is 2.35. The fourth-order valence-corrected chi connectivity index (χ4v) is 2.49. The summed E-state index contributed by atoms with van der Waals surface area (Å²) in [5.74, 6) is 0.0826. The number of hydrogen-bond acceptors (Lipinski definition) is 5. The first kappa shape index (κ1) is 39.8. The van der Waals surface area contributed by atoms with Gasteiger partial charge in [0.15, 0.2) is 0 Å². The smallest absolute Gasteiger partial charge is 0.308 e. The van der Waals surface area contributed by atoms with Gasteiger partial charge in [0.2, 0.25) is 0 Å². The Bertz CT molecular complexity index is 322. The van der Waals surface area contributed by atoms with Crippen molar-refractivity contribution >= 4 is 5.97 Å². The molecule has 0 aromatic heterocycles. The van der Waals surface area contributed by atoms with Crippen LogP contribution in [0.25, 0.3) is 0 Å². The average molecular weight is 438 g/mol. The van der Waals surface area contributed by atoms with Gasteiger partial charge in [-0.25, -0.2) is 0 Å². The summed E-state index contributed by atoms with van der Waals surface area (Å²) in [6.45, 7) is 26.1. The SMILES string of the molecule is CC.CC.CC.CC.CC.CC1CCCC(C)C(=O)OC[C@@](C)(O)C(O)N(C)CC1. The predicted molar refractivity (Wildman–Crippen MR) is 134 cm³/mol. The molecule has 1 fully saturated rings. The number of carbonyl (C=O) groups excluding carboxylic acids is 1. The summed E-state index contributed by atoms with van der Waals surface area (Å²) in [5.41, 5.74) is -1.46. The van der Waals surface area contributed by atoms with Crippen LogP contribution in [0, 0.1) is 11.8 Å². The molecule has 2 N–H and O–H groups in total. The molecule has 188 valence electrons. The van der Waals surface area contributed by atoms with Crippen molar-refractivity contribution in [2.45, 2.75) is 128 Å². The Hall–Kier alpha value is -0.650. The Morgan fingerprint density at radius 3 is 1.77 bits per heavy atom. The Labute approximate surface area is 190 Å². The number of carbonyl (C=O) groups is 1. The molecular formula is C25H59NO4. The lowest BCUT2D eigenvalue weighted by Gasteiger charge is -2.35. The number of rotatable bonds is 0. The number of likely N-dealkylation sites (N-methyl/N-ethyl adjacent to an activating group) is 1. The lowest BCUT2D eigenvalue weighted by molar-refractivity contribution is -0.178. The third kappa shape index (κ3) is 20.6. The molecule has 0 bridgehead atoms. The Kier molecular flexibility index (Phi) is 37.6. The van der Waals surface area contributed by atoms with Crippen LogP contribution in [0.15, 0.2) is 0 Å². The van der Waals surface area contributed by atoms with Gasteiger partial charge >= 0.3 is 5.97 Å². The van der Waals surface area contributed by atoms with Crippen molar-refractivity contribution in [2.75, 3.05) is 20.2 Å². The van der Waals surface area contributed by atoms with Crippen LogP contribution in [0.2, 0.25) is 0 Å². The summed E-state index contributed by atoms with van der Waals surface area (Å²) in [4.78, 5) is 13.6. The van der Waals surface area contributed by atoms with Gasteiger partial charge in [-0.3, -0.25) is 9.69 Å². The molecule has 3 unspecified atom stereocenters. The summed E-state index contributed by atoms with van der Waals surface area (Å²) < 4.78 is 5.15. The number of aliphatic hydroxyl groups excluding tert-OH is 1. The van der Waals surface area contributed by atoms with Crippen LogP contribution < -0.4 is 0 Å². The zero-order valence-electron chi connectivity index (χ0n) is 23.1. The van der Waals surface area contributed by atoms with Gasteiger partial charge in [0.25, 0.3) is 0 Å². The molecule has 1 saturated heterocycles. The number of ether oxygens (including phenoxy) is 1. The van der Waals surface area contributed by atoms with Crippen LogP contribution in [0.3, 0.4) is 0 Å². The summed E-state index contributed by atoms with van der Waals surface area (Å²) in [5, 5.41) is 20.5. The lowest BCUT2D eigenvalue weighted by Crippen LogP contribution is -2.53. The molecule has 0 spiro atoms. The van der Waals surface area contributed by atoms with E-state index in [1.807, 2.05) is 76.2 Å². The Morgan fingerprint density at radius 1 is 0.900 bits per heavy atom. The normalized spacial score (nSPS) is 27.2. The van der Waals surface area contributed by atoms with E-state index in [0.29, 0.717) is 12.5 Å². The second-order valence-corrected chi connectivity index (χ2v) is 6.54. The van der Waals surface area contributed by atoms with Crippen molar-refractivity contribution in [3.8, 4) is 0 Å². The Balaban J connectivity index is -0.000000182. The van der Waals surface area contributed by atoms with Gasteiger partial charge in [-0.1, -0.05) is 95.9 Å². The van der Waals surface area contributed by atoms with Gasteiger partial charge in [0.1, 0.15) is 18.4 Å². The van der Waals surface area contributed by atoms with E-state index in [9.17, 15) is 15.0 Å². The number of cyclic esters (lactones) is 1. The first-order chi connectivity index (χ1) is 14.2. The highest BCUT2D eigenvalue weighted by atomic mass is 16.5. The van der Waals surface area contributed by atoms with E-state index in [1.54, 1.807) is 11.9 Å². The number of nitrogens with zero attached hydrogens (tertiary/aromatic N) is 1. The second kappa shape index (κ2) is 28.4. The highest BCUT2D eigenvalue weighted by molar-refractivity contribution is 5.71. The van der Waals surface area contributed by atoms with E-state index in [4.69, 9.17) is 4.74 Å². The molecule has 0 aromatic rings.